The van der Waals surface area contributed by atoms with Gasteiger partial charge in [0.05, 0.1) is 28.4 Å². The van der Waals surface area contributed by atoms with Crippen LogP contribution < -0.4 is 24.3 Å². The highest BCUT2D eigenvalue weighted by Gasteiger charge is 2.39. The van der Waals surface area contributed by atoms with Crippen LogP contribution in [0, 0.1) is 0 Å². The molecule has 0 saturated heterocycles. The lowest BCUT2D eigenvalue weighted by molar-refractivity contribution is -0.116. The average Bonchev–Trinajstić information content (AvgIpc) is 3.34. The zero-order valence-electron chi connectivity index (χ0n) is 19.5. The first-order valence-electron chi connectivity index (χ1n) is 10.9. The number of ketones is 1. The third kappa shape index (κ3) is 3.53. The molecule has 0 unspecified atom stereocenters. The van der Waals surface area contributed by atoms with Crippen LogP contribution in [0.1, 0.15) is 35.9 Å². The summed E-state index contributed by atoms with van der Waals surface area (Å²) in [5.74, 6) is 3.03. The summed E-state index contributed by atoms with van der Waals surface area (Å²) in [4.78, 5) is 18.0. The number of benzene rings is 2. The number of allylic oxidation sites excluding steroid dienone is 2. The predicted molar refractivity (Wildman–Crippen MR) is 125 cm³/mol. The van der Waals surface area contributed by atoms with Gasteiger partial charge in [0.2, 0.25) is 11.7 Å². The lowest BCUT2D eigenvalue weighted by Crippen LogP contribution is -2.33. The Bertz CT molecular complexity index is 1240. The van der Waals surface area contributed by atoms with E-state index >= 15 is 0 Å². The van der Waals surface area contributed by atoms with Crippen LogP contribution in [0.25, 0.3) is 0 Å². The summed E-state index contributed by atoms with van der Waals surface area (Å²) in [5.41, 5.74) is 3.47. The molecule has 1 aromatic heterocycles. The fourth-order valence-corrected chi connectivity index (χ4v) is 4.82. The Morgan fingerprint density at radius 3 is 2.24 bits per heavy atom. The number of carbonyl (C=O) groups excluding carboxylic acids is 1. The molecule has 1 N–H and O–H groups in total. The number of rotatable bonds is 6. The molecule has 5 rings (SSSR count). The van der Waals surface area contributed by atoms with Gasteiger partial charge in [-0.3, -0.25) is 4.79 Å². The molecule has 2 aliphatic rings. The maximum atomic E-state index is 13.6. The third-order valence-electron chi connectivity index (χ3n) is 6.45. The molecule has 34 heavy (non-hydrogen) atoms. The van der Waals surface area contributed by atoms with Crippen LogP contribution in [0.3, 0.4) is 0 Å². The number of methoxy groups -OCH3 is 4. The highest BCUT2D eigenvalue weighted by atomic mass is 16.5. The van der Waals surface area contributed by atoms with Gasteiger partial charge in [-0.1, -0.05) is 12.1 Å². The lowest BCUT2D eigenvalue weighted by Gasteiger charge is -2.35. The number of Topliss-reactive ketones (excluding diaryl/α,β-unsaturated/α-hetero) is 1. The van der Waals surface area contributed by atoms with Crippen LogP contribution in [0.15, 0.2) is 54.0 Å². The van der Waals surface area contributed by atoms with Crippen LogP contribution in [-0.4, -0.2) is 49.0 Å². The standard InChI is InChI=1S/C25H26N4O5/c1-31-17-7-5-14(6-8-17)23-22-18(28-25-26-13-27-29(23)25)9-15(10-19(22)30)16-11-20(32-2)24(34-4)21(12-16)33-3/h5-8,11-13,15,23H,9-10H2,1-4H3,(H,26,27,28)/t15-,23+/m0/s1. The van der Waals surface area contributed by atoms with Gasteiger partial charge in [0, 0.05) is 17.7 Å². The van der Waals surface area contributed by atoms with Crippen molar-refractivity contribution in [2.45, 2.75) is 24.8 Å². The number of ether oxygens (including phenoxy) is 4. The van der Waals surface area contributed by atoms with Crippen molar-refractivity contribution in [1.29, 1.82) is 0 Å². The van der Waals surface area contributed by atoms with E-state index in [-0.39, 0.29) is 17.7 Å². The largest absolute Gasteiger partial charge is 0.497 e. The molecule has 0 saturated carbocycles. The Kier molecular flexibility index (Phi) is 5.61. The minimum Gasteiger partial charge on any atom is -0.497 e. The number of carbonyl (C=O) groups is 1. The molecule has 0 bridgehead atoms. The number of hydrogen-bond acceptors (Lipinski definition) is 8. The fourth-order valence-electron chi connectivity index (χ4n) is 4.82. The summed E-state index contributed by atoms with van der Waals surface area (Å²) < 4.78 is 23.6. The summed E-state index contributed by atoms with van der Waals surface area (Å²) in [6, 6.07) is 11.2. The van der Waals surface area contributed by atoms with Gasteiger partial charge in [0.25, 0.3) is 0 Å². The second-order valence-corrected chi connectivity index (χ2v) is 8.21. The normalized spacial score (nSPS) is 19.1. The monoisotopic (exact) mass is 462 g/mol. The highest BCUT2D eigenvalue weighted by molar-refractivity contribution is 6.00. The first-order chi connectivity index (χ1) is 16.6. The van der Waals surface area contributed by atoms with E-state index in [1.807, 2.05) is 36.4 Å². The number of fused-ring (bicyclic) bond motifs is 1. The van der Waals surface area contributed by atoms with Gasteiger partial charge in [0.1, 0.15) is 18.1 Å². The quantitative estimate of drug-likeness (QED) is 0.592. The van der Waals surface area contributed by atoms with Crippen molar-refractivity contribution < 1.29 is 23.7 Å². The summed E-state index contributed by atoms with van der Waals surface area (Å²) in [6.07, 6.45) is 2.49. The SMILES string of the molecule is COc1ccc([C@@H]2C3=C(C[C@H](c4cc(OC)c(OC)c(OC)c4)CC3=O)Nc3ncnn32)cc1. The minimum absolute atomic E-state index is 0.0570. The van der Waals surface area contributed by atoms with Crippen molar-refractivity contribution in [2.24, 2.45) is 0 Å². The summed E-state index contributed by atoms with van der Waals surface area (Å²) >= 11 is 0. The maximum Gasteiger partial charge on any atom is 0.226 e. The Hall–Kier alpha value is -4.01. The Labute approximate surface area is 197 Å². The molecule has 0 amide bonds. The minimum atomic E-state index is -0.354. The van der Waals surface area contributed by atoms with Gasteiger partial charge in [-0.05, 0) is 47.7 Å². The number of nitrogens with zero attached hydrogens (tertiary/aromatic N) is 3. The smallest absolute Gasteiger partial charge is 0.226 e. The van der Waals surface area contributed by atoms with E-state index < -0.39 is 0 Å². The van der Waals surface area contributed by atoms with Gasteiger partial charge in [-0.15, -0.1) is 0 Å². The number of aromatic nitrogens is 3. The first kappa shape index (κ1) is 21.8. The molecule has 1 aliphatic carbocycles. The molecule has 1 aliphatic heterocycles. The molecule has 2 heterocycles. The van der Waals surface area contributed by atoms with Crippen molar-refractivity contribution in [3.8, 4) is 23.0 Å². The van der Waals surface area contributed by atoms with Gasteiger partial charge in [-0.25, -0.2) is 4.68 Å². The molecular formula is C25H26N4O5. The molecule has 9 heteroatoms. The van der Waals surface area contributed by atoms with E-state index in [4.69, 9.17) is 18.9 Å². The van der Waals surface area contributed by atoms with Gasteiger partial charge in [-0.2, -0.15) is 10.1 Å². The van der Waals surface area contributed by atoms with Crippen molar-refractivity contribution in [3.05, 3.63) is 65.1 Å². The van der Waals surface area contributed by atoms with Crippen molar-refractivity contribution in [2.75, 3.05) is 33.8 Å². The molecular weight excluding hydrogens is 436 g/mol. The Morgan fingerprint density at radius 2 is 1.62 bits per heavy atom. The first-order valence-corrected chi connectivity index (χ1v) is 10.9. The van der Waals surface area contributed by atoms with E-state index in [0.29, 0.717) is 41.6 Å². The van der Waals surface area contributed by atoms with E-state index in [9.17, 15) is 4.79 Å². The number of hydrogen-bond donors (Lipinski definition) is 1. The number of anilines is 1. The molecule has 2 atom stereocenters. The summed E-state index contributed by atoms with van der Waals surface area (Å²) in [6.45, 7) is 0. The third-order valence-corrected chi connectivity index (χ3v) is 6.45. The zero-order chi connectivity index (χ0) is 23.8. The molecule has 9 nitrogen and oxygen atoms in total. The van der Waals surface area contributed by atoms with Gasteiger partial charge >= 0.3 is 0 Å². The van der Waals surface area contributed by atoms with Crippen molar-refractivity contribution >= 4 is 11.7 Å². The van der Waals surface area contributed by atoms with Crippen LogP contribution in [-0.2, 0) is 4.79 Å². The molecule has 0 fully saturated rings. The van der Waals surface area contributed by atoms with E-state index in [1.54, 1.807) is 33.1 Å². The van der Waals surface area contributed by atoms with Gasteiger partial charge < -0.3 is 24.3 Å². The Morgan fingerprint density at radius 1 is 0.912 bits per heavy atom. The highest BCUT2D eigenvalue weighted by Crippen LogP contribution is 2.47. The van der Waals surface area contributed by atoms with E-state index in [1.165, 1.54) is 6.33 Å². The number of nitrogens with one attached hydrogen (secondary N) is 1. The predicted octanol–water partition coefficient (Wildman–Crippen LogP) is 3.73. The van der Waals surface area contributed by atoms with E-state index in [0.717, 1.165) is 22.6 Å². The second-order valence-electron chi connectivity index (χ2n) is 8.21. The molecule has 0 radical (unpaired) electrons. The molecule has 3 aromatic rings. The molecule has 176 valence electrons. The van der Waals surface area contributed by atoms with Crippen LogP contribution >= 0.6 is 0 Å². The van der Waals surface area contributed by atoms with E-state index in [2.05, 4.69) is 15.4 Å². The van der Waals surface area contributed by atoms with Crippen molar-refractivity contribution in [3.63, 3.8) is 0 Å². The summed E-state index contributed by atoms with van der Waals surface area (Å²) in [5, 5.41) is 7.75. The topological polar surface area (TPSA) is 96.7 Å². The van der Waals surface area contributed by atoms with Crippen LogP contribution in [0.4, 0.5) is 5.95 Å². The second kappa shape index (κ2) is 8.74. The van der Waals surface area contributed by atoms with Crippen LogP contribution in [0.5, 0.6) is 23.0 Å². The zero-order valence-corrected chi connectivity index (χ0v) is 19.5. The summed E-state index contributed by atoms with van der Waals surface area (Å²) in [7, 11) is 6.37. The lowest BCUT2D eigenvalue weighted by atomic mass is 9.77. The van der Waals surface area contributed by atoms with Gasteiger partial charge in [0.15, 0.2) is 17.3 Å². The van der Waals surface area contributed by atoms with Crippen LogP contribution in [0.2, 0.25) is 0 Å². The molecule has 0 spiro atoms. The fraction of sp³-hybridized carbons (Fsp3) is 0.320. The maximum absolute atomic E-state index is 13.6. The molecule has 2 aromatic carbocycles. The van der Waals surface area contributed by atoms with Crippen molar-refractivity contribution in [1.82, 2.24) is 14.8 Å². The Balaban J connectivity index is 1.56. The average molecular weight is 463 g/mol.